The minimum atomic E-state index is -0.462. The van der Waals surface area contributed by atoms with E-state index >= 15 is 0 Å². The number of fused-ring (bicyclic) bond motifs is 2. The van der Waals surface area contributed by atoms with Crippen LogP contribution in [-0.4, -0.2) is 29.3 Å². The quantitative estimate of drug-likeness (QED) is 0.755. The highest BCUT2D eigenvalue weighted by Crippen LogP contribution is 2.43. The number of benzene rings is 1. The smallest absolute Gasteiger partial charge is 0.237 e. The zero-order valence-corrected chi connectivity index (χ0v) is 17.3. The number of nitrogens with zero attached hydrogens (tertiary/aromatic N) is 1. The van der Waals surface area contributed by atoms with Crippen molar-refractivity contribution in [3.05, 3.63) is 35.4 Å². The Hall–Kier alpha value is -1.88. The molecular formula is C23H35N3O2. The molecule has 0 radical (unpaired) electrons. The molecule has 0 saturated heterocycles. The molecule has 0 heterocycles. The molecule has 3 rings (SSSR count). The van der Waals surface area contributed by atoms with Crippen LogP contribution in [0.5, 0.6) is 0 Å². The molecule has 28 heavy (non-hydrogen) atoms. The van der Waals surface area contributed by atoms with E-state index in [2.05, 4.69) is 31.2 Å². The van der Waals surface area contributed by atoms with Gasteiger partial charge in [0.2, 0.25) is 11.8 Å². The van der Waals surface area contributed by atoms with Crippen LogP contribution in [0.3, 0.4) is 0 Å². The SMILES string of the molecule is CCCc1ccc(C(C)N(CC(N)=O)C(=O)C2CC3CCCC(C2)C3N)cc1. The molecule has 2 saturated carbocycles. The van der Waals surface area contributed by atoms with Crippen molar-refractivity contribution in [3.63, 3.8) is 0 Å². The third-order valence-corrected chi connectivity index (χ3v) is 6.84. The Morgan fingerprint density at radius 2 is 1.75 bits per heavy atom. The maximum atomic E-state index is 13.4. The van der Waals surface area contributed by atoms with Crippen LogP contribution in [0.1, 0.15) is 69.5 Å². The monoisotopic (exact) mass is 385 g/mol. The highest BCUT2D eigenvalue weighted by molar-refractivity contribution is 5.85. The lowest BCUT2D eigenvalue weighted by Gasteiger charge is -2.45. The normalized spacial score (nSPS) is 27.8. The predicted octanol–water partition coefficient (Wildman–Crippen LogP) is 3.17. The van der Waals surface area contributed by atoms with E-state index in [4.69, 9.17) is 11.5 Å². The van der Waals surface area contributed by atoms with Gasteiger partial charge in [0, 0.05) is 12.0 Å². The molecule has 2 aliphatic rings. The van der Waals surface area contributed by atoms with E-state index in [0.717, 1.165) is 44.1 Å². The fourth-order valence-corrected chi connectivity index (χ4v) is 5.23. The van der Waals surface area contributed by atoms with Crippen LogP contribution in [0, 0.1) is 17.8 Å². The van der Waals surface area contributed by atoms with Crippen LogP contribution in [0.25, 0.3) is 0 Å². The van der Waals surface area contributed by atoms with Crippen LogP contribution in [0.15, 0.2) is 24.3 Å². The Morgan fingerprint density at radius 1 is 1.14 bits per heavy atom. The molecule has 1 aromatic carbocycles. The Morgan fingerprint density at radius 3 is 2.29 bits per heavy atom. The van der Waals surface area contributed by atoms with Crippen LogP contribution in [0.4, 0.5) is 0 Å². The number of aryl methyl sites for hydroxylation is 1. The minimum Gasteiger partial charge on any atom is -0.368 e. The van der Waals surface area contributed by atoms with Gasteiger partial charge in [0.1, 0.15) is 0 Å². The van der Waals surface area contributed by atoms with E-state index in [-0.39, 0.29) is 30.5 Å². The van der Waals surface area contributed by atoms with Gasteiger partial charge in [0.15, 0.2) is 0 Å². The van der Waals surface area contributed by atoms with Gasteiger partial charge in [-0.1, -0.05) is 44.0 Å². The van der Waals surface area contributed by atoms with Gasteiger partial charge in [0.25, 0.3) is 0 Å². The van der Waals surface area contributed by atoms with Crippen LogP contribution < -0.4 is 11.5 Å². The number of hydrogen-bond acceptors (Lipinski definition) is 3. The van der Waals surface area contributed by atoms with Gasteiger partial charge in [-0.2, -0.15) is 0 Å². The van der Waals surface area contributed by atoms with Gasteiger partial charge in [-0.15, -0.1) is 0 Å². The van der Waals surface area contributed by atoms with Crippen LogP contribution in [-0.2, 0) is 16.0 Å². The second-order valence-corrected chi connectivity index (χ2v) is 8.80. The zero-order valence-electron chi connectivity index (χ0n) is 17.3. The fourth-order valence-electron chi connectivity index (χ4n) is 5.23. The largest absolute Gasteiger partial charge is 0.368 e. The van der Waals surface area contributed by atoms with Gasteiger partial charge in [-0.05, 0) is 62.0 Å². The Kier molecular flexibility index (Phi) is 6.76. The molecule has 1 aromatic rings. The number of primary amides is 1. The number of amides is 2. The van der Waals surface area contributed by atoms with Crippen molar-refractivity contribution in [2.24, 2.45) is 29.2 Å². The third-order valence-electron chi connectivity index (χ3n) is 6.84. The Labute approximate surface area is 168 Å². The number of nitrogens with two attached hydrogens (primary N) is 2. The maximum Gasteiger partial charge on any atom is 0.237 e. The number of rotatable bonds is 7. The third kappa shape index (κ3) is 4.57. The van der Waals surface area contributed by atoms with Crippen molar-refractivity contribution in [2.45, 2.75) is 70.9 Å². The first-order valence-corrected chi connectivity index (χ1v) is 10.8. The number of hydrogen-bond donors (Lipinski definition) is 2. The van der Waals surface area contributed by atoms with Gasteiger partial charge in [0.05, 0.1) is 12.6 Å². The van der Waals surface area contributed by atoms with Crippen LogP contribution >= 0.6 is 0 Å². The van der Waals surface area contributed by atoms with Crippen molar-refractivity contribution >= 4 is 11.8 Å². The second kappa shape index (κ2) is 9.08. The number of carbonyl (C=O) groups is 2. The van der Waals surface area contributed by atoms with Crippen molar-refractivity contribution in [2.75, 3.05) is 6.54 Å². The van der Waals surface area contributed by atoms with Crippen molar-refractivity contribution < 1.29 is 9.59 Å². The predicted molar refractivity (Wildman–Crippen MR) is 111 cm³/mol. The summed E-state index contributed by atoms with van der Waals surface area (Å²) in [4.78, 5) is 26.9. The molecular weight excluding hydrogens is 350 g/mol. The maximum absolute atomic E-state index is 13.4. The van der Waals surface area contributed by atoms with E-state index in [1.165, 1.54) is 12.0 Å². The summed E-state index contributed by atoms with van der Waals surface area (Å²) in [6.45, 7) is 4.12. The average Bonchev–Trinajstić information content (AvgIpc) is 2.65. The molecule has 5 heteroatoms. The summed E-state index contributed by atoms with van der Waals surface area (Å²) in [7, 11) is 0. The molecule has 2 bridgehead atoms. The van der Waals surface area contributed by atoms with Crippen LogP contribution in [0.2, 0.25) is 0 Å². The van der Waals surface area contributed by atoms with E-state index in [1.807, 2.05) is 6.92 Å². The molecule has 0 spiro atoms. The lowest BCUT2D eigenvalue weighted by atomic mass is 9.65. The molecule has 0 aliphatic heterocycles. The molecule has 2 fully saturated rings. The van der Waals surface area contributed by atoms with Crippen molar-refractivity contribution in [1.82, 2.24) is 4.90 Å². The standard InChI is InChI=1S/C23H35N3O2/c1-3-5-16-8-10-17(11-9-16)15(2)26(14-21(24)27)23(28)20-12-18-6-4-7-19(13-20)22(18)25/h8-11,15,18-20,22H,3-7,12-14,25H2,1-2H3,(H2,24,27). The Balaban J connectivity index is 1.77. The van der Waals surface area contributed by atoms with E-state index in [1.54, 1.807) is 4.90 Å². The summed E-state index contributed by atoms with van der Waals surface area (Å²) in [5, 5.41) is 0. The van der Waals surface area contributed by atoms with Gasteiger partial charge < -0.3 is 16.4 Å². The average molecular weight is 386 g/mol. The summed E-state index contributed by atoms with van der Waals surface area (Å²) in [5.74, 6) is 0.417. The van der Waals surface area contributed by atoms with Gasteiger partial charge in [-0.3, -0.25) is 9.59 Å². The zero-order chi connectivity index (χ0) is 20.3. The first-order valence-electron chi connectivity index (χ1n) is 10.8. The lowest BCUT2D eigenvalue weighted by molar-refractivity contribution is -0.143. The first-order chi connectivity index (χ1) is 13.4. The second-order valence-electron chi connectivity index (χ2n) is 8.80. The molecule has 2 amide bonds. The first kappa shape index (κ1) is 20.8. The topological polar surface area (TPSA) is 89.4 Å². The molecule has 4 N–H and O–H groups in total. The highest BCUT2D eigenvalue weighted by atomic mass is 16.2. The molecule has 3 atom stereocenters. The van der Waals surface area contributed by atoms with Gasteiger partial charge in [-0.25, -0.2) is 0 Å². The highest BCUT2D eigenvalue weighted by Gasteiger charge is 2.42. The van der Waals surface area contributed by atoms with Crippen molar-refractivity contribution in [3.8, 4) is 0 Å². The Bertz CT molecular complexity index is 674. The summed E-state index contributed by atoms with van der Waals surface area (Å²) >= 11 is 0. The molecule has 154 valence electrons. The lowest BCUT2D eigenvalue weighted by Crippen LogP contribution is -2.51. The van der Waals surface area contributed by atoms with E-state index in [0.29, 0.717) is 11.8 Å². The molecule has 2 aliphatic carbocycles. The fraction of sp³-hybridized carbons (Fsp3) is 0.652. The minimum absolute atomic E-state index is 0.0331. The summed E-state index contributed by atoms with van der Waals surface area (Å²) in [6, 6.07) is 8.43. The number of carbonyl (C=O) groups excluding carboxylic acids is 2. The summed E-state index contributed by atoms with van der Waals surface area (Å²) < 4.78 is 0. The summed E-state index contributed by atoms with van der Waals surface area (Å²) in [5.41, 5.74) is 14.2. The molecule has 0 aromatic heterocycles. The molecule has 3 unspecified atom stereocenters. The van der Waals surface area contributed by atoms with Crippen molar-refractivity contribution in [1.29, 1.82) is 0 Å². The molecule has 5 nitrogen and oxygen atoms in total. The summed E-state index contributed by atoms with van der Waals surface area (Å²) in [6.07, 6.45) is 7.28. The van der Waals surface area contributed by atoms with E-state index < -0.39 is 5.91 Å². The van der Waals surface area contributed by atoms with Gasteiger partial charge >= 0.3 is 0 Å². The van der Waals surface area contributed by atoms with E-state index in [9.17, 15) is 9.59 Å².